The molecule has 1 unspecified atom stereocenters. The molecule has 1 aromatic rings. The fourth-order valence-corrected chi connectivity index (χ4v) is 1.60. The smallest absolute Gasteiger partial charge is 0.253 e. The predicted molar refractivity (Wildman–Crippen MR) is 74.6 cm³/mol. The van der Waals surface area contributed by atoms with E-state index in [4.69, 9.17) is 10.6 Å². The monoisotopic (exact) mass is 266 g/mol. The Morgan fingerprint density at radius 2 is 2.26 bits per heavy atom. The van der Waals surface area contributed by atoms with Crippen LogP contribution in [0, 0.1) is 5.92 Å². The second kappa shape index (κ2) is 7.70. The van der Waals surface area contributed by atoms with Gasteiger partial charge in [0.2, 0.25) is 0 Å². The summed E-state index contributed by atoms with van der Waals surface area (Å²) >= 11 is 0. The zero-order valence-electron chi connectivity index (χ0n) is 11.6. The first-order valence-corrected chi connectivity index (χ1v) is 6.39. The number of ether oxygens (including phenoxy) is 1. The maximum atomic E-state index is 12.2. The van der Waals surface area contributed by atoms with Gasteiger partial charge in [-0.15, -0.1) is 0 Å². The maximum Gasteiger partial charge on any atom is 0.253 e. The van der Waals surface area contributed by atoms with E-state index in [9.17, 15) is 4.79 Å². The number of carbonyl (C=O) groups excluding carboxylic acids is 1. The van der Waals surface area contributed by atoms with E-state index in [0.29, 0.717) is 24.5 Å². The number of nitrogen functional groups attached to an aromatic ring is 1. The number of carbonyl (C=O) groups is 1. The molecule has 0 aromatic carbocycles. The molecule has 1 amide bonds. The molecule has 0 bridgehead atoms. The molecule has 106 valence electrons. The fourth-order valence-electron chi connectivity index (χ4n) is 1.60. The Labute approximate surface area is 113 Å². The van der Waals surface area contributed by atoms with E-state index in [1.807, 2.05) is 20.8 Å². The molecule has 0 spiro atoms. The summed E-state index contributed by atoms with van der Waals surface area (Å²) in [6, 6.07) is 1.59. The second-order valence-corrected chi connectivity index (χ2v) is 4.55. The van der Waals surface area contributed by atoms with Crippen LogP contribution in [0.1, 0.15) is 31.1 Å². The van der Waals surface area contributed by atoms with Crippen molar-refractivity contribution in [1.82, 2.24) is 10.3 Å². The fraction of sp³-hybridized carbons (Fsp3) is 0.538. The average molecular weight is 266 g/mol. The van der Waals surface area contributed by atoms with Gasteiger partial charge in [-0.05, 0) is 18.9 Å². The molecule has 0 saturated carbocycles. The van der Waals surface area contributed by atoms with Crippen LogP contribution in [0.4, 0.5) is 5.69 Å². The lowest BCUT2D eigenvalue weighted by Crippen LogP contribution is -2.42. The number of hydrazine groups is 1. The van der Waals surface area contributed by atoms with Crippen molar-refractivity contribution >= 4 is 11.6 Å². The number of nitrogens with two attached hydrogens (primary N) is 1. The van der Waals surface area contributed by atoms with Crippen molar-refractivity contribution in [1.29, 1.82) is 0 Å². The summed E-state index contributed by atoms with van der Waals surface area (Å²) in [5.74, 6) is 5.46. The van der Waals surface area contributed by atoms with E-state index in [2.05, 4.69) is 15.7 Å². The molecular weight excluding hydrogens is 244 g/mol. The predicted octanol–water partition coefficient (Wildman–Crippen LogP) is 1.16. The van der Waals surface area contributed by atoms with E-state index >= 15 is 0 Å². The van der Waals surface area contributed by atoms with E-state index in [-0.39, 0.29) is 17.9 Å². The Balaban J connectivity index is 2.76. The van der Waals surface area contributed by atoms with Gasteiger partial charge in [-0.3, -0.25) is 15.6 Å². The first kappa shape index (κ1) is 15.4. The highest BCUT2D eigenvalue weighted by Gasteiger charge is 2.19. The molecule has 0 saturated heterocycles. The molecule has 19 heavy (non-hydrogen) atoms. The number of hydrogen-bond donors (Lipinski definition) is 3. The molecule has 0 aliphatic heterocycles. The molecule has 1 aromatic heterocycles. The van der Waals surface area contributed by atoms with Gasteiger partial charge in [0.15, 0.2) is 0 Å². The highest BCUT2D eigenvalue weighted by atomic mass is 16.5. The summed E-state index contributed by atoms with van der Waals surface area (Å²) in [5, 5.41) is 2.96. The Morgan fingerprint density at radius 3 is 2.84 bits per heavy atom. The number of pyridine rings is 1. The number of aromatic nitrogens is 1. The van der Waals surface area contributed by atoms with Crippen molar-refractivity contribution in [3.63, 3.8) is 0 Å². The molecule has 6 heteroatoms. The highest BCUT2D eigenvalue weighted by molar-refractivity contribution is 5.99. The van der Waals surface area contributed by atoms with E-state index in [0.717, 1.165) is 0 Å². The Bertz CT molecular complexity index is 409. The first-order chi connectivity index (χ1) is 9.10. The molecule has 1 rings (SSSR count). The summed E-state index contributed by atoms with van der Waals surface area (Å²) in [6.07, 6.45) is 3.07. The van der Waals surface area contributed by atoms with Crippen molar-refractivity contribution in [2.45, 2.75) is 26.8 Å². The van der Waals surface area contributed by atoms with Crippen molar-refractivity contribution < 1.29 is 9.53 Å². The Morgan fingerprint density at radius 1 is 1.53 bits per heavy atom. The minimum absolute atomic E-state index is 0.0359. The van der Waals surface area contributed by atoms with Crippen LogP contribution in [0.25, 0.3) is 0 Å². The average Bonchev–Trinajstić information content (AvgIpc) is 2.42. The number of amides is 1. The summed E-state index contributed by atoms with van der Waals surface area (Å²) < 4.78 is 5.38. The summed E-state index contributed by atoms with van der Waals surface area (Å²) in [4.78, 5) is 16.1. The molecule has 1 heterocycles. The van der Waals surface area contributed by atoms with Crippen LogP contribution in [0.3, 0.4) is 0 Å². The molecule has 4 N–H and O–H groups in total. The van der Waals surface area contributed by atoms with Crippen molar-refractivity contribution in [3.05, 3.63) is 24.0 Å². The van der Waals surface area contributed by atoms with Crippen molar-refractivity contribution in [2.24, 2.45) is 11.8 Å². The van der Waals surface area contributed by atoms with Crippen LogP contribution < -0.4 is 16.6 Å². The normalized spacial score (nSPS) is 12.3. The third kappa shape index (κ3) is 4.50. The van der Waals surface area contributed by atoms with E-state index in [1.165, 1.54) is 6.20 Å². The quantitative estimate of drug-likeness (QED) is 0.509. The lowest BCUT2D eigenvalue weighted by molar-refractivity contribution is 0.0806. The zero-order chi connectivity index (χ0) is 14.3. The molecule has 1 atom stereocenters. The van der Waals surface area contributed by atoms with Crippen molar-refractivity contribution in [3.8, 4) is 0 Å². The van der Waals surface area contributed by atoms with Gasteiger partial charge in [-0.2, -0.15) is 0 Å². The minimum Gasteiger partial charge on any atom is -0.380 e. The third-order valence-corrected chi connectivity index (χ3v) is 2.84. The summed E-state index contributed by atoms with van der Waals surface area (Å²) in [6.45, 7) is 7.13. The van der Waals surface area contributed by atoms with Gasteiger partial charge >= 0.3 is 0 Å². The van der Waals surface area contributed by atoms with Gasteiger partial charge in [0.25, 0.3) is 5.91 Å². The van der Waals surface area contributed by atoms with E-state index in [1.54, 1.807) is 12.3 Å². The summed E-state index contributed by atoms with van der Waals surface area (Å²) in [5.41, 5.74) is 3.44. The molecular formula is C13H22N4O2. The number of anilines is 1. The van der Waals surface area contributed by atoms with Gasteiger partial charge in [-0.25, -0.2) is 0 Å². The van der Waals surface area contributed by atoms with Crippen LogP contribution in [-0.4, -0.2) is 30.1 Å². The van der Waals surface area contributed by atoms with Gasteiger partial charge in [0, 0.05) is 12.8 Å². The van der Waals surface area contributed by atoms with Crippen LogP contribution >= 0.6 is 0 Å². The summed E-state index contributed by atoms with van der Waals surface area (Å²) in [7, 11) is 0. The van der Waals surface area contributed by atoms with Crippen LogP contribution in [-0.2, 0) is 4.74 Å². The van der Waals surface area contributed by atoms with E-state index < -0.39 is 0 Å². The van der Waals surface area contributed by atoms with Crippen LogP contribution in [0.2, 0.25) is 0 Å². The zero-order valence-corrected chi connectivity index (χ0v) is 11.6. The van der Waals surface area contributed by atoms with Gasteiger partial charge in [0.1, 0.15) is 0 Å². The Kier molecular flexibility index (Phi) is 6.24. The number of rotatable bonds is 7. The Hall–Kier alpha value is -1.66. The number of hydrogen-bond acceptors (Lipinski definition) is 5. The lowest BCUT2D eigenvalue weighted by Gasteiger charge is -2.22. The molecule has 0 aliphatic rings. The first-order valence-electron chi connectivity index (χ1n) is 6.39. The van der Waals surface area contributed by atoms with Gasteiger partial charge < -0.3 is 15.5 Å². The van der Waals surface area contributed by atoms with Gasteiger partial charge in [0.05, 0.1) is 30.1 Å². The maximum absolute atomic E-state index is 12.2. The SMILES string of the molecule is CCOCC(NC(=O)c1ccncc1NN)C(C)C. The second-order valence-electron chi connectivity index (χ2n) is 4.55. The van der Waals surface area contributed by atoms with Crippen LogP contribution in [0.15, 0.2) is 18.5 Å². The molecule has 0 aliphatic carbocycles. The highest BCUT2D eigenvalue weighted by Crippen LogP contribution is 2.13. The molecule has 6 nitrogen and oxygen atoms in total. The topological polar surface area (TPSA) is 89.3 Å². The molecule has 0 fully saturated rings. The lowest BCUT2D eigenvalue weighted by atomic mass is 10.0. The van der Waals surface area contributed by atoms with Gasteiger partial charge in [-0.1, -0.05) is 13.8 Å². The minimum atomic E-state index is -0.186. The molecule has 0 radical (unpaired) electrons. The van der Waals surface area contributed by atoms with Crippen molar-refractivity contribution in [2.75, 3.05) is 18.6 Å². The van der Waals surface area contributed by atoms with Crippen LogP contribution in [0.5, 0.6) is 0 Å². The third-order valence-electron chi connectivity index (χ3n) is 2.84. The largest absolute Gasteiger partial charge is 0.380 e. The number of nitrogens with zero attached hydrogens (tertiary/aromatic N) is 1. The number of nitrogens with one attached hydrogen (secondary N) is 2. The standard InChI is InChI=1S/C13H22N4O2/c1-4-19-8-12(9(2)3)16-13(18)10-5-6-15-7-11(10)17-14/h5-7,9,12,17H,4,8,14H2,1-3H3,(H,16,18).